The molecule has 0 heterocycles. The fraction of sp³-hybridized carbons (Fsp3) is 0.500. The third kappa shape index (κ3) is 3.96. The molecule has 0 saturated heterocycles. The molecule has 0 aliphatic rings. The molecule has 0 saturated carbocycles. The van der Waals surface area contributed by atoms with Crippen molar-refractivity contribution in [3.8, 4) is 0 Å². The van der Waals surface area contributed by atoms with Gasteiger partial charge in [0.15, 0.2) is 5.82 Å². The zero-order chi connectivity index (χ0) is 13.7. The van der Waals surface area contributed by atoms with Crippen molar-refractivity contribution < 1.29 is 14.4 Å². The van der Waals surface area contributed by atoms with E-state index < -0.39 is 10.7 Å². The molecule has 0 aliphatic heterocycles. The Bertz CT molecular complexity index is 424. The van der Waals surface area contributed by atoms with E-state index in [-0.39, 0.29) is 24.0 Å². The third-order valence-corrected chi connectivity index (χ3v) is 2.50. The van der Waals surface area contributed by atoms with Gasteiger partial charge in [-0.2, -0.15) is 0 Å². The first-order valence-corrected chi connectivity index (χ1v) is 5.75. The number of rotatable bonds is 6. The first-order chi connectivity index (χ1) is 8.43. The zero-order valence-corrected chi connectivity index (χ0v) is 10.4. The van der Waals surface area contributed by atoms with Crippen molar-refractivity contribution in [2.45, 2.75) is 26.3 Å². The molecule has 1 aromatic rings. The second-order valence-electron chi connectivity index (χ2n) is 4.57. The van der Waals surface area contributed by atoms with Gasteiger partial charge in [0, 0.05) is 12.1 Å². The summed E-state index contributed by atoms with van der Waals surface area (Å²) in [6.07, 6.45) is 0.687. The van der Waals surface area contributed by atoms with Gasteiger partial charge in [-0.25, -0.2) is 4.39 Å². The van der Waals surface area contributed by atoms with Crippen LogP contribution in [0.15, 0.2) is 18.2 Å². The Labute approximate surface area is 105 Å². The maximum Gasteiger partial charge on any atom is 0.272 e. The van der Waals surface area contributed by atoms with E-state index in [1.54, 1.807) is 0 Å². The predicted octanol–water partition coefficient (Wildman–Crippen LogP) is 2.55. The lowest BCUT2D eigenvalue weighted by Gasteiger charge is -2.19. The van der Waals surface area contributed by atoms with E-state index in [9.17, 15) is 19.6 Å². The molecule has 0 radical (unpaired) electrons. The van der Waals surface area contributed by atoms with E-state index in [0.717, 1.165) is 6.07 Å². The second-order valence-corrected chi connectivity index (χ2v) is 4.57. The maximum atomic E-state index is 13.6. The summed E-state index contributed by atoms with van der Waals surface area (Å²) in [7, 11) is 0. The van der Waals surface area contributed by atoms with E-state index in [1.807, 2.05) is 13.8 Å². The monoisotopic (exact) mass is 256 g/mol. The maximum absolute atomic E-state index is 13.6. The SMILES string of the molecule is CC(C)C[C@H](CO)Nc1ccc([N+](=O)[O-])cc1F. The van der Waals surface area contributed by atoms with Gasteiger partial charge in [-0.15, -0.1) is 0 Å². The molecule has 1 rings (SSSR count). The summed E-state index contributed by atoms with van der Waals surface area (Å²) in [6.45, 7) is 3.88. The highest BCUT2D eigenvalue weighted by molar-refractivity contribution is 5.50. The molecule has 0 unspecified atom stereocenters. The Hall–Kier alpha value is -1.69. The lowest BCUT2D eigenvalue weighted by Crippen LogP contribution is -2.26. The van der Waals surface area contributed by atoms with Gasteiger partial charge in [-0.1, -0.05) is 13.8 Å². The highest BCUT2D eigenvalue weighted by Crippen LogP contribution is 2.22. The van der Waals surface area contributed by atoms with Gasteiger partial charge in [0.2, 0.25) is 0 Å². The van der Waals surface area contributed by atoms with Crippen LogP contribution >= 0.6 is 0 Å². The molecule has 5 nitrogen and oxygen atoms in total. The number of nitro groups is 1. The van der Waals surface area contributed by atoms with Gasteiger partial charge >= 0.3 is 0 Å². The number of aliphatic hydroxyl groups excluding tert-OH is 1. The van der Waals surface area contributed by atoms with Crippen LogP contribution < -0.4 is 5.32 Å². The quantitative estimate of drug-likeness (QED) is 0.606. The Morgan fingerprint density at radius 3 is 2.61 bits per heavy atom. The second kappa shape index (κ2) is 6.30. The normalized spacial score (nSPS) is 12.5. The number of halogens is 1. The van der Waals surface area contributed by atoms with Crippen molar-refractivity contribution >= 4 is 11.4 Å². The van der Waals surface area contributed by atoms with Crippen LogP contribution in [0.3, 0.4) is 0 Å². The average Bonchev–Trinajstić information content (AvgIpc) is 2.29. The van der Waals surface area contributed by atoms with E-state index in [0.29, 0.717) is 12.3 Å². The molecule has 0 aromatic heterocycles. The van der Waals surface area contributed by atoms with Crippen molar-refractivity contribution in [3.63, 3.8) is 0 Å². The molecular weight excluding hydrogens is 239 g/mol. The van der Waals surface area contributed by atoms with Gasteiger partial charge in [0.1, 0.15) is 0 Å². The van der Waals surface area contributed by atoms with E-state index in [2.05, 4.69) is 5.32 Å². The van der Waals surface area contributed by atoms with Gasteiger partial charge in [-0.3, -0.25) is 10.1 Å². The highest BCUT2D eigenvalue weighted by Gasteiger charge is 2.14. The first kappa shape index (κ1) is 14.4. The highest BCUT2D eigenvalue weighted by atomic mass is 19.1. The molecule has 1 aromatic carbocycles. The zero-order valence-electron chi connectivity index (χ0n) is 10.4. The fourth-order valence-electron chi connectivity index (χ4n) is 1.70. The summed E-state index contributed by atoms with van der Waals surface area (Å²) in [5.74, 6) is -0.331. The summed E-state index contributed by atoms with van der Waals surface area (Å²) in [6, 6.07) is 3.15. The number of nitrogens with one attached hydrogen (secondary N) is 1. The summed E-state index contributed by atoms with van der Waals surface area (Å²) < 4.78 is 13.6. The van der Waals surface area contributed by atoms with E-state index in [1.165, 1.54) is 12.1 Å². The van der Waals surface area contributed by atoms with Crippen LogP contribution in [-0.2, 0) is 0 Å². The van der Waals surface area contributed by atoms with Crippen molar-refractivity contribution in [1.29, 1.82) is 0 Å². The van der Waals surface area contributed by atoms with Crippen LogP contribution in [0.5, 0.6) is 0 Å². The van der Waals surface area contributed by atoms with Crippen molar-refractivity contribution in [2.75, 3.05) is 11.9 Å². The molecule has 18 heavy (non-hydrogen) atoms. The molecule has 0 aliphatic carbocycles. The molecular formula is C12H17FN2O3. The van der Waals surface area contributed by atoms with Crippen LogP contribution in [0, 0.1) is 21.8 Å². The molecule has 2 N–H and O–H groups in total. The van der Waals surface area contributed by atoms with Gasteiger partial charge in [-0.05, 0) is 18.4 Å². The molecule has 1 atom stereocenters. The minimum absolute atomic E-state index is 0.116. The largest absolute Gasteiger partial charge is 0.394 e. The third-order valence-electron chi connectivity index (χ3n) is 2.50. The Balaban J connectivity index is 2.80. The summed E-state index contributed by atoms with van der Waals surface area (Å²) in [4.78, 5) is 9.82. The minimum Gasteiger partial charge on any atom is -0.394 e. The fourth-order valence-corrected chi connectivity index (χ4v) is 1.70. The molecule has 0 fully saturated rings. The van der Waals surface area contributed by atoms with Crippen LogP contribution in [-0.4, -0.2) is 22.7 Å². The predicted molar refractivity (Wildman–Crippen MR) is 67.0 cm³/mol. The lowest BCUT2D eigenvalue weighted by atomic mass is 10.0. The van der Waals surface area contributed by atoms with Crippen LogP contribution in [0.2, 0.25) is 0 Å². The Morgan fingerprint density at radius 2 is 2.17 bits per heavy atom. The van der Waals surface area contributed by atoms with Crippen LogP contribution in [0.25, 0.3) is 0 Å². The smallest absolute Gasteiger partial charge is 0.272 e. The summed E-state index contributed by atoms with van der Waals surface area (Å²) >= 11 is 0. The standard InChI is InChI=1S/C12H17FN2O3/c1-8(2)5-9(7-16)14-12-4-3-10(15(17)18)6-11(12)13/h3-4,6,8-9,14,16H,5,7H2,1-2H3/t9-/m1/s1. The molecule has 100 valence electrons. The van der Waals surface area contributed by atoms with Gasteiger partial charge in [0.25, 0.3) is 5.69 Å². The molecule has 0 bridgehead atoms. The first-order valence-electron chi connectivity index (χ1n) is 5.75. The van der Waals surface area contributed by atoms with E-state index in [4.69, 9.17) is 0 Å². The Morgan fingerprint density at radius 1 is 1.50 bits per heavy atom. The van der Waals surface area contributed by atoms with E-state index >= 15 is 0 Å². The summed E-state index contributed by atoms with van der Waals surface area (Å²) in [5.41, 5.74) is -0.122. The van der Waals surface area contributed by atoms with Crippen LogP contribution in [0.1, 0.15) is 20.3 Å². The number of benzene rings is 1. The van der Waals surface area contributed by atoms with Crippen molar-refractivity contribution in [1.82, 2.24) is 0 Å². The number of hydrogen-bond acceptors (Lipinski definition) is 4. The van der Waals surface area contributed by atoms with Crippen LogP contribution in [0.4, 0.5) is 15.8 Å². The molecule has 6 heteroatoms. The topological polar surface area (TPSA) is 75.4 Å². The molecule has 0 spiro atoms. The number of nitrogens with zero attached hydrogens (tertiary/aromatic N) is 1. The molecule has 0 amide bonds. The van der Waals surface area contributed by atoms with Gasteiger partial charge < -0.3 is 10.4 Å². The number of anilines is 1. The number of nitro benzene ring substituents is 1. The Kier molecular flexibility index (Phi) is 5.03. The number of non-ortho nitro benzene ring substituents is 1. The van der Waals surface area contributed by atoms with Gasteiger partial charge in [0.05, 0.1) is 23.3 Å². The average molecular weight is 256 g/mol. The van der Waals surface area contributed by atoms with Crippen molar-refractivity contribution in [2.24, 2.45) is 5.92 Å². The minimum atomic E-state index is -0.689. The number of aliphatic hydroxyl groups is 1. The van der Waals surface area contributed by atoms with Crippen molar-refractivity contribution in [3.05, 3.63) is 34.1 Å². The summed E-state index contributed by atoms with van der Waals surface area (Å²) in [5, 5.41) is 22.5. The lowest BCUT2D eigenvalue weighted by molar-refractivity contribution is -0.385. The number of hydrogen-bond donors (Lipinski definition) is 2.